The number of carbonyl (C=O) groups excluding carboxylic acids is 1. The monoisotopic (exact) mass is 246 g/mol. The zero-order valence-electron chi connectivity index (χ0n) is 12.3. The second-order valence-electron chi connectivity index (χ2n) is 5.53. The zero-order valence-corrected chi connectivity index (χ0v) is 12.3. The minimum atomic E-state index is 0.112. The molecule has 18 heavy (non-hydrogen) atoms. The molecule has 1 heteroatoms. The van der Waals surface area contributed by atoms with Crippen LogP contribution in [0.25, 0.3) is 0 Å². The number of allylic oxidation sites excluding steroid dienone is 6. The molecule has 0 fully saturated rings. The van der Waals surface area contributed by atoms with Gasteiger partial charge in [-0.25, -0.2) is 0 Å². The van der Waals surface area contributed by atoms with Gasteiger partial charge in [0.2, 0.25) is 0 Å². The molecule has 1 aliphatic carbocycles. The molecular formula is C17H26O. The van der Waals surface area contributed by atoms with Crippen LogP contribution in [-0.2, 0) is 4.79 Å². The molecule has 0 aromatic heterocycles. The maximum Gasteiger partial charge on any atom is 0.136 e. The van der Waals surface area contributed by atoms with Crippen molar-refractivity contribution in [2.75, 3.05) is 0 Å². The standard InChI is InChI=1S/C17H26O/c1-13-7-5-8-14(2)11-12-17(16(4)18)15(3)10-6-9-13/h8-10,17H,5-7,11-12H2,1-4H3/b13-9?,14-8+,15-10?. The molecule has 1 atom stereocenters. The van der Waals surface area contributed by atoms with Crippen molar-refractivity contribution in [2.24, 2.45) is 5.92 Å². The maximum absolute atomic E-state index is 11.7. The minimum Gasteiger partial charge on any atom is -0.299 e. The van der Waals surface area contributed by atoms with Crippen molar-refractivity contribution >= 4 is 5.78 Å². The molecule has 0 spiro atoms. The lowest BCUT2D eigenvalue weighted by atomic mass is 9.89. The first-order chi connectivity index (χ1) is 8.50. The van der Waals surface area contributed by atoms with Crippen LogP contribution in [0, 0.1) is 5.92 Å². The van der Waals surface area contributed by atoms with E-state index < -0.39 is 0 Å². The molecule has 0 N–H and O–H groups in total. The van der Waals surface area contributed by atoms with Crippen LogP contribution >= 0.6 is 0 Å². The highest BCUT2D eigenvalue weighted by molar-refractivity contribution is 5.81. The van der Waals surface area contributed by atoms with E-state index in [0.29, 0.717) is 5.78 Å². The molecule has 1 rings (SSSR count). The number of Topliss-reactive ketones (excluding diaryl/α,β-unsaturated/α-hetero) is 1. The summed E-state index contributed by atoms with van der Waals surface area (Å²) in [5, 5.41) is 0. The molecule has 100 valence electrons. The van der Waals surface area contributed by atoms with E-state index in [0.717, 1.165) is 32.1 Å². The topological polar surface area (TPSA) is 17.1 Å². The highest BCUT2D eigenvalue weighted by Gasteiger charge is 2.15. The molecule has 0 saturated heterocycles. The molecule has 1 unspecified atom stereocenters. The molecule has 1 aliphatic rings. The summed E-state index contributed by atoms with van der Waals surface area (Å²) >= 11 is 0. The molecule has 0 aromatic rings. The fourth-order valence-electron chi connectivity index (χ4n) is 2.46. The van der Waals surface area contributed by atoms with Crippen LogP contribution in [-0.4, -0.2) is 5.78 Å². The average Bonchev–Trinajstić information content (AvgIpc) is 2.27. The first kappa shape index (κ1) is 14.9. The summed E-state index contributed by atoms with van der Waals surface area (Å²) in [6, 6.07) is 0. The third-order valence-corrected chi connectivity index (χ3v) is 3.81. The number of hydrogen-bond donors (Lipinski definition) is 0. The molecule has 1 nitrogen and oxygen atoms in total. The first-order valence-electron chi connectivity index (χ1n) is 6.99. The van der Waals surface area contributed by atoms with Crippen LogP contribution in [0.15, 0.2) is 34.9 Å². The van der Waals surface area contributed by atoms with E-state index in [2.05, 4.69) is 39.0 Å². The third kappa shape index (κ3) is 5.03. The lowest BCUT2D eigenvalue weighted by Crippen LogP contribution is -2.12. The number of ketones is 1. The Balaban J connectivity index is 2.89. The van der Waals surface area contributed by atoms with Gasteiger partial charge in [0.15, 0.2) is 0 Å². The van der Waals surface area contributed by atoms with Crippen LogP contribution in [0.1, 0.15) is 59.8 Å². The first-order valence-corrected chi connectivity index (χ1v) is 6.99. The van der Waals surface area contributed by atoms with Crippen molar-refractivity contribution in [3.63, 3.8) is 0 Å². The van der Waals surface area contributed by atoms with Gasteiger partial charge < -0.3 is 0 Å². The van der Waals surface area contributed by atoms with Crippen LogP contribution in [0.5, 0.6) is 0 Å². The number of hydrogen-bond acceptors (Lipinski definition) is 1. The van der Waals surface area contributed by atoms with Crippen molar-refractivity contribution in [1.29, 1.82) is 0 Å². The second-order valence-corrected chi connectivity index (χ2v) is 5.53. The van der Waals surface area contributed by atoms with Gasteiger partial charge in [0.25, 0.3) is 0 Å². The van der Waals surface area contributed by atoms with E-state index in [1.54, 1.807) is 6.92 Å². The van der Waals surface area contributed by atoms with Crippen LogP contribution in [0.2, 0.25) is 0 Å². The van der Waals surface area contributed by atoms with E-state index in [-0.39, 0.29) is 5.92 Å². The van der Waals surface area contributed by atoms with Gasteiger partial charge in [0.1, 0.15) is 5.78 Å². The van der Waals surface area contributed by atoms with Gasteiger partial charge in [-0.05, 0) is 59.8 Å². The Hall–Kier alpha value is -1.11. The molecule has 0 saturated carbocycles. The van der Waals surface area contributed by atoms with Gasteiger partial charge >= 0.3 is 0 Å². The van der Waals surface area contributed by atoms with Crippen molar-refractivity contribution in [1.82, 2.24) is 0 Å². The summed E-state index contributed by atoms with van der Waals surface area (Å²) in [6.07, 6.45) is 12.1. The Morgan fingerprint density at radius 3 is 2.39 bits per heavy atom. The van der Waals surface area contributed by atoms with Crippen LogP contribution in [0.4, 0.5) is 0 Å². The predicted molar refractivity (Wildman–Crippen MR) is 78.5 cm³/mol. The summed E-state index contributed by atoms with van der Waals surface area (Å²) in [6.45, 7) is 8.19. The van der Waals surface area contributed by atoms with Gasteiger partial charge in [-0.2, -0.15) is 0 Å². The summed E-state index contributed by atoms with van der Waals surface area (Å²) < 4.78 is 0. The zero-order chi connectivity index (χ0) is 13.5. The Bertz CT molecular complexity index is 382. The normalized spacial score (nSPS) is 26.0. The minimum absolute atomic E-state index is 0.112. The Labute approximate surface area is 112 Å². The van der Waals surface area contributed by atoms with E-state index in [1.165, 1.54) is 16.7 Å². The van der Waals surface area contributed by atoms with E-state index in [4.69, 9.17) is 0 Å². The number of rotatable bonds is 1. The Morgan fingerprint density at radius 2 is 1.72 bits per heavy atom. The third-order valence-electron chi connectivity index (χ3n) is 3.81. The second kappa shape index (κ2) is 7.35. The highest BCUT2D eigenvalue weighted by atomic mass is 16.1. The van der Waals surface area contributed by atoms with Crippen molar-refractivity contribution in [2.45, 2.75) is 59.8 Å². The molecule has 0 heterocycles. The van der Waals surface area contributed by atoms with Gasteiger partial charge in [0.05, 0.1) is 0 Å². The Kier molecular flexibility index (Phi) is 6.11. The van der Waals surface area contributed by atoms with E-state index in [9.17, 15) is 4.79 Å². The fraction of sp³-hybridized carbons (Fsp3) is 0.588. The summed E-state index contributed by atoms with van der Waals surface area (Å²) in [7, 11) is 0. The largest absolute Gasteiger partial charge is 0.299 e. The quantitative estimate of drug-likeness (QED) is 0.595. The van der Waals surface area contributed by atoms with Gasteiger partial charge in [-0.15, -0.1) is 0 Å². The highest BCUT2D eigenvalue weighted by Crippen LogP contribution is 2.23. The van der Waals surface area contributed by atoms with Crippen molar-refractivity contribution < 1.29 is 4.79 Å². The molecule has 0 bridgehead atoms. The summed E-state index contributed by atoms with van der Waals surface area (Å²) in [5.41, 5.74) is 4.10. The summed E-state index contributed by atoms with van der Waals surface area (Å²) in [4.78, 5) is 11.7. The molecule has 0 aromatic carbocycles. The maximum atomic E-state index is 11.7. The number of carbonyl (C=O) groups is 1. The van der Waals surface area contributed by atoms with E-state index in [1.807, 2.05) is 0 Å². The molecule has 0 radical (unpaired) electrons. The molecule has 0 aliphatic heterocycles. The SMILES string of the molecule is CC(=O)C1CC/C(C)=C/CCC(C)=CCC=C1C. The van der Waals surface area contributed by atoms with Gasteiger partial charge in [-0.1, -0.05) is 34.9 Å². The lowest BCUT2D eigenvalue weighted by molar-refractivity contribution is -0.119. The lowest BCUT2D eigenvalue weighted by Gasteiger charge is -2.15. The molecular weight excluding hydrogens is 220 g/mol. The van der Waals surface area contributed by atoms with Crippen molar-refractivity contribution in [3.8, 4) is 0 Å². The fourth-order valence-corrected chi connectivity index (χ4v) is 2.46. The van der Waals surface area contributed by atoms with Gasteiger partial charge in [0, 0.05) is 5.92 Å². The summed E-state index contributed by atoms with van der Waals surface area (Å²) in [5.74, 6) is 0.413. The van der Waals surface area contributed by atoms with Crippen LogP contribution < -0.4 is 0 Å². The molecule has 0 amide bonds. The smallest absolute Gasteiger partial charge is 0.136 e. The van der Waals surface area contributed by atoms with E-state index >= 15 is 0 Å². The van der Waals surface area contributed by atoms with Crippen molar-refractivity contribution in [3.05, 3.63) is 34.9 Å². The Morgan fingerprint density at radius 1 is 1.06 bits per heavy atom. The predicted octanol–water partition coefficient (Wildman–Crippen LogP) is 4.99. The average molecular weight is 246 g/mol. The van der Waals surface area contributed by atoms with Crippen LogP contribution in [0.3, 0.4) is 0 Å². The van der Waals surface area contributed by atoms with Gasteiger partial charge in [-0.3, -0.25) is 4.79 Å².